The van der Waals surface area contributed by atoms with Gasteiger partial charge in [0.2, 0.25) is 0 Å². The number of nitrogens with zero attached hydrogens (tertiary/aromatic N) is 3. The number of halogens is 1. The first kappa shape index (κ1) is 11.7. The zero-order valence-corrected chi connectivity index (χ0v) is 9.74. The quantitative estimate of drug-likeness (QED) is 0.842. The van der Waals surface area contributed by atoms with Gasteiger partial charge in [-0.15, -0.1) is 10.2 Å². The van der Waals surface area contributed by atoms with Crippen molar-refractivity contribution in [1.82, 2.24) is 25.9 Å². The molecule has 0 spiro atoms. The molecular weight excluding hydrogens is 221 g/mol. The summed E-state index contributed by atoms with van der Waals surface area (Å²) in [7, 11) is 0. The lowest BCUT2D eigenvalue weighted by Gasteiger charge is -2.11. The fourth-order valence-corrected chi connectivity index (χ4v) is 1.56. The summed E-state index contributed by atoms with van der Waals surface area (Å²) in [6.45, 7) is 4.48. The number of H-pyrrole nitrogens is 1. The van der Waals surface area contributed by atoms with Gasteiger partial charge in [0.25, 0.3) is 0 Å². The molecule has 0 saturated heterocycles. The van der Waals surface area contributed by atoms with Gasteiger partial charge in [0.1, 0.15) is 5.82 Å². The number of aromatic nitrogens is 4. The minimum atomic E-state index is -0.211. The van der Waals surface area contributed by atoms with E-state index in [2.05, 4.69) is 25.9 Å². The number of hydrogen-bond donors (Lipinski definition) is 2. The number of hydrogen-bond acceptors (Lipinski definition) is 4. The smallest absolute Gasteiger partial charge is 0.191 e. The molecule has 0 bridgehead atoms. The molecule has 17 heavy (non-hydrogen) atoms. The van der Waals surface area contributed by atoms with E-state index in [0.717, 1.165) is 11.1 Å². The Balaban J connectivity index is 1.98. The zero-order chi connectivity index (χ0) is 12.3. The second-order valence-corrected chi connectivity index (χ2v) is 3.94. The molecule has 1 unspecified atom stereocenters. The molecule has 2 N–H and O–H groups in total. The first-order valence-electron chi connectivity index (χ1n) is 5.38. The molecule has 90 valence electrons. The fraction of sp³-hybridized carbons (Fsp3) is 0.364. The van der Waals surface area contributed by atoms with E-state index in [1.165, 1.54) is 12.1 Å². The van der Waals surface area contributed by atoms with E-state index < -0.39 is 0 Å². The van der Waals surface area contributed by atoms with E-state index in [1.807, 2.05) is 13.8 Å². The van der Waals surface area contributed by atoms with Gasteiger partial charge in [-0.05, 0) is 37.1 Å². The second-order valence-electron chi connectivity index (χ2n) is 3.94. The Morgan fingerprint density at radius 1 is 1.47 bits per heavy atom. The molecule has 0 saturated carbocycles. The van der Waals surface area contributed by atoms with E-state index in [9.17, 15) is 4.39 Å². The molecule has 0 radical (unpaired) electrons. The number of nitrogens with one attached hydrogen (secondary N) is 2. The third kappa shape index (κ3) is 2.85. The highest BCUT2D eigenvalue weighted by Crippen LogP contribution is 2.12. The summed E-state index contributed by atoms with van der Waals surface area (Å²) in [4.78, 5) is 0. The van der Waals surface area contributed by atoms with Gasteiger partial charge in [-0.25, -0.2) is 4.39 Å². The summed E-state index contributed by atoms with van der Waals surface area (Å²) in [5.41, 5.74) is 1.99. The van der Waals surface area contributed by atoms with Crippen LogP contribution in [0.1, 0.15) is 29.9 Å². The monoisotopic (exact) mass is 235 g/mol. The Morgan fingerprint density at radius 3 is 2.94 bits per heavy atom. The van der Waals surface area contributed by atoms with Crippen LogP contribution in [0.2, 0.25) is 0 Å². The lowest BCUT2D eigenvalue weighted by molar-refractivity contribution is 0.544. The molecule has 1 heterocycles. The summed E-state index contributed by atoms with van der Waals surface area (Å²) in [6.07, 6.45) is 0. The third-order valence-corrected chi connectivity index (χ3v) is 2.65. The van der Waals surface area contributed by atoms with Crippen molar-refractivity contribution in [3.8, 4) is 0 Å². The predicted molar refractivity (Wildman–Crippen MR) is 60.6 cm³/mol. The molecular formula is C11H14FN5. The first-order chi connectivity index (χ1) is 8.16. The van der Waals surface area contributed by atoms with Crippen LogP contribution in [0.15, 0.2) is 18.2 Å². The maximum Gasteiger partial charge on any atom is 0.191 e. The van der Waals surface area contributed by atoms with Crippen molar-refractivity contribution in [2.24, 2.45) is 0 Å². The predicted octanol–water partition coefficient (Wildman–Crippen LogP) is 1.50. The lowest BCUT2D eigenvalue weighted by Crippen LogP contribution is -2.19. The molecule has 1 aromatic carbocycles. The maximum absolute atomic E-state index is 12.9. The molecule has 0 aliphatic rings. The standard InChI is InChI=1S/C11H14FN5/c1-7-5-10(12)4-3-9(7)6-13-8(2)11-14-16-17-15-11/h3-5,8,13H,6H2,1-2H3,(H,14,15,16,17). The van der Waals surface area contributed by atoms with Gasteiger partial charge < -0.3 is 5.32 Å². The summed E-state index contributed by atoms with van der Waals surface area (Å²) in [6, 6.07) is 4.76. The average Bonchev–Trinajstić information content (AvgIpc) is 2.81. The topological polar surface area (TPSA) is 66.5 Å². The first-order valence-corrected chi connectivity index (χ1v) is 5.38. The minimum absolute atomic E-state index is 0.00166. The number of benzene rings is 1. The Hall–Kier alpha value is -1.82. The largest absolute Gasteiger partial charge is 0.303 e. The molecule has 0 amide bonds. The Labute approximate surface area is 98.4 Å². The lowest BCUT2D eigenvalue weighted by atomic mass is 10.1. The van der Waals surface area contributed by atoms with Crippen LogP contribution in [-0.2, 0) is 6.54 Å². The minimum Gasteiger partial charge on any atom is -0.303 e. The molecule has 0 aliphatic heterocycles. The van der Waals surface area contributed by atoms with Gasteiger partial charge in [0, 0.05) is 6.54 Å². The molecule has 0 aliphatic carbocycles. The van der Waals surface area contributed by atoms with Crippen molar-refractivity contribution in [2.75, 3.05) is 0 Å². The van der Waals surface area contributed by atoms with Crippen molar-refractivity contribution in [1.29, 1.82) is 0 Å². The van der Waals surface area contributed by atoms with E-state index in [1.54, 1.807) is 6.07 Å². The van der Waals surface area contributed by atoms with Crippen molar-refractivity contribution in [3.05, 3.63) is 41.0 Å². The van der Waals surface area contributed by atoms with E-state index in [-0.39, 0.29) is 11.9 Å². The van der Waals surface area contributed by atoms with Crippen LogP contribution >= 0.6 is 0 Å². The van der Waals surface area contributed by atoms with Crippen LogP contribution in [0.25, 0.3) is 0 Å². The Morgan fingerprint density at radius 2 is 2.29 bits per heavy atom. The van der Waals surface area contributed by atoms with Gasteiger partial charge in [-0.1, -0.05) is 11.3 Å². The number of rotatable bonds is 4. The van der Waals surface area contributed by atoms with Crippen LogP contribution in [0.4, 0.5) is 4.39 Å². The number of aryl methyl sites for hydroxylation is 1. The van der Waals surface area contributed by atoms with Crippen LogP contribution in [0.5, 0.6) is 0 Å². The molecule has 2 aromatic rings. The molecule has 5 nitrogen and oxygen atoms in total. The highest BCUT2D eigenvalue weighted by Gasteiger charge is 2.09. The van der Waals surface area contributed by atoms with E-state index in [0.29, 0.717) is 12.4 Å². The van der Waals surface area contributed by atoms with E-state index >= 15 is 0 Å². The van der Waals surface area contributed by atoms with E-state index in [4.69, 9.17) is 0 Å². The summed E-state index contributed by atoms with van der Waals surface area (Å²) >= 11 is 0. The third-order valence-electron chi connectivity index (χ3n) is 2.65. The second kappa shape index (κ2) is 5.01. The normalized spacial score (nSPS) is 12.6. The molecule has 1 atom stereocenters. The van der Waals surface area contributed by atoms with Crippen molar-refractivity contribution < 1.29 is 4.39 Å². The van der Waals surface area contributed by atoms with Gasteiger partial charge in [-0.2, -0.15) is 5.21 Å². The SMILES string of the molecule is Cc1cc(F)ccc1CNC(C)c1nn[nH]n1. The Bertz CT molecular complexity index is 483. The van der Waals surface area contributed by atoms with Crippen LogP contribution < -0.4 is 5.32 Å². The van der Waals surface area contributed by atoms with Crippen LogP contribution in [-0.4, -0.2) is 20.6 Å². The molecule has 0 fully saturated rings. The van der Waals surface area contributed by atoms with Crippen molar-refractivity contribution >= 4 is 0 Å². The zero-order valence-electron chi connectivity index (χ0n) is 9.74. The molecule has 2 rings (SSSR count). The van der Waals surface area contributed by atoms with Crippen molar-refractivity contribution in [3.63, 3.8) is 0 Å². The summed E-state index contributed by atoms with van der Waals surface area (Å²) in [5.74, 6) is 0.405. The number of aromatic amines is 1. The Kier molecular flexibility index (Phi) is 3.43. The van der Waals surface area contributed by atoms with Gasteiger partial charge in [-0.3, -0.25) is 0 Å². The highest BCUT2D eigenvalue weighted by molar-refractivity contribution is 5.26. The summed E-state index contributed by atoms with van der Waals surface area (Å²) in [5, 5.41) is 17.0. The molecule has 1 aromatic heterocycles. The van der Waals surface area contributed by atoms with Gasteiger partial charge >= 0.3 is 0 Å². The average molecular weight is 235 g/mol. The number of tetrazole rings is 1. The van der Waals surface area contributed by atoms with Crippen molar-refractivity contribution in [2.45, 2.75) is 26.4 Å². The van der Waals surface area contributed by atoms with Gasteiger partial charge in [0.15, 0.2) is 5.82 Å². The van der Waals surface area contributed by atoms with Crippen LogP contribution in [0.3, 0.4) is 0 Å². The fourth-order valence-electron chi connectivity index (χ4n) is 1.56. The molecule has 6 heteroatoms. The summed E-state index contributed by atoms with van der Waals surface area (Å²) < 4.78 is 12.9. The van der Waals surface area contributed by atoms with Gasteiger partial charge in [0.05, 0.1) is 6.04 Å². The highest BCUT2D eigenvalue weighted by atomic mass is 19.1. The maximum atomic E-state index is 12.9. The van der Waals surface area contributed by atoms with Crippen LogP contribution in [0, 0.1) is 12.7 Å².